The molecule has 1 heterocycles. The molecule has 3 aromatic rings. The number of ether oxygens (including phenoxy) is 1. The number of oxazole rings is 1. The van der Waals surface area contributed by atoms with Crippen LogP contribution < -0.4 is 4.74 Å². The summed E-state index contributed by atoms with van der Waals surface area (Å²) < 4.78 is 12.3. The molecule has 0 aliphatic rings. The lowest BCUT2D eigenvalue weighted by Crippen LogP contribution is -1.88. The van der Waals surface area contributed by atoms with Crippen molar-refractivity contribution in [2.24, 2.45) is 0 Å². The molecule has 0 aliphatic heterocycles. The van der Waals surface area contributed by atoms with Crippen molar-refractivity contribution in [3.63, 3.8) is 0 Å². The van der Waals surface area contributed by atoms with Crippen LogP contribution in [0.2, 0.25) is 0 Å². The standard InChI is InChI=1S/C15H12INO2/c1-9-3-5-14-12(7-9)17-15(19-14)11-8-10(16)4-6-13(11)18-2/h3-8H,1-2H3. The SMILES string of the molecule is COc1ccc(I)cc1-c1nc2cc(C)ccc2o1. The lowest BCUT2D eigenvalue weighted by Gasteiger charge is -2.05. The van der Waals surface area contributed by atoms with Gasteiger partial charge in [-0.25, -0.2) is 4.98 Å². The zero-order valence-corrected chi connectivity index (χ0v) is 12.8. The normalized spacial score (nSPS) is 10.9. The average molecular weight is 365 g/mol. The Kier molecular flexibility index (Phi) is 3.18. The molecule has 0 spiro atoms. The second-order valence-corrected chi connectivity index (χ2v) is 5.58. The molecular formula is C15H12INO2. The van der Waals surface area contributed by atoms with Gasteiger partial charge >= 0.3 is 0 Å². The molecule has 0 saturated carbocycles. The Morgan fingerprint density at radius 1 is 1.16 bits per heavy atom. The summed E-state index contributed by atoms with van der Waals surface area (Å²) in [5, 5.41) is 0. The second-order valence-electron chi connectivity index (χ2n) is 4.33. The van der Waals surface area contributed by atoms with E-state index in [1.807, 2.05) is 43.3 Å². The van der Waals surface area contributed by atoms with Crippen molar-refractivity contribution in [1.82, 2.24) is 4.98 Å². The maximum absolute atomic E-state index is 5.81. The van der Waals surface area contributed by atoms with Crippen molar-refractivity contribution in [2.75, 3.05) is 7.11 Å². The van der Waals surface area contributed by atoms with Crippen LogP contribution in [0.3, 0.4) is 0 Å². The summed E-state index contributed by atoms with van der Waals surface area (Å²) in [5.41, 5.74) is 3.71. The van der Waals surface area contributed by atoms with Gasteiger partial charge in [-0.1, -0.05) is 6.07 Å². The van der Waals surface area contributed by atoms with Gasteiger partial charge in [-0.15, -0.1) is 0 Å². The molecule has 0 saturated heterocycles. The minimum atomic E-state index is 0.593. The Morgan fingerprint density at radius 3 is 2.79 bits per heavy atom. The fourth-order valence-electron chi connectivity index (χ4n) is 2.00. The van der Waals surface area contributed by atoms with Gasteiger partial charge < -0.3 is 9.15 Å². The van der Waals surface area contributed by atoms with Crippen molar-refractivity contribution < 1.29 is 9.15 Å². The summed E-state index contributed by atoms with van der Waals surface area (Å²) in [4.78, 5) is 4.54. The number of benzene rings is 2. The van der Waals surface area contributed by atoms with Gasteiger partial charge in [0.1, 0.15) is 11.3 Å². The van der Waals surface area contributed by atoms with Crippen LogP contribution in [0.25, 0.3) is 22.6 Å². The number of methoxy groups -OCH3 is 1. The van der Waals surface area contributed by atoms with Crippen molar-refractivity contribution in [2.45, 2.75) is 6.92 Å². The van der Waals surface area contributed by atoms with E-state index in [2.05, 4.69) is 27.6 Å². The third-order valence-electron chi connectivity index (χ3n) is 2.94. The summed E-state index contributed by atoms with van der Waals surface area (Å²) >= 11 is 2.26. The van der Waals surface area contributed by atoms with E-state index in [0.29, 0.717) is 5.89 Å². The largest absolute Gasteiger partial charge is 0.496 e. The summed E-state index contributed by atoms with van der Waals surface area (Å²) in [5.74, 6) is 1.36. The number of fused-ring (bicyclic) bond motifs is 1. The molecule has 96 valence electrons. The van der Waals surface area contributed by atoms with E-state index in [-0.39, 0.29) is 0 Å². The first-order chi connectivity index (χ1) is 9.17. The van der Waals surface area contributed by atoms with Crippen LogP contribution in [-0.2, 0) is 0 Å². The number of hydrogen-bond acceptors (Lipinski definition) is 3. The molecule has 4 heteroatoms. The predicted molar refractivity (Wildman–Crippen MR) is 83.5 cm³/mol. The molecule has 0 atom stereocenters. The number of hydrogen-bond donors (Lipinski definition) is 0. The van der Waals surface area contributed by atoms with E-state index in [1.165, 1.54) is 5.56 Å². The van der Waals surface area contributed by atoms with Gasteiger partial charge in [0, 0.05) is 3.57 Å². The number of halogens is 1. The Hall–Kier alpha value is -1.56. The molecule has 0 aliphatic carbocycles. The maximum atomic E-state index is 5.81. The van der Waals surface area contributed by atoms with E-state index in [0.717, 1.165) is 26.0 Å². The predicted octanol–water partition coefficient (Wildman–Crippen LogP) is 4.42. The summed E-state index contributed by atoms with van der Waals surface area (Å²) in [6, 6.07) is 11.9. The number of aromatic nitrogens is 1. The molecule has 19 heavy (non-hydrogen) atoms. The highest BCUT2D eigenvalue weighted by Gasteiger charge is 2.13. The molecule has 0 N–H and O–H groups in total. The quantitative estimate of drug-likeness (QED) is 0.631. The summed E-state index contributed by atoms with van der Waals surface area (Å²) in [6.07, 6.45) is 0. The van der Waals surface area contributed by atoms with E-state index in [9.17, 15) is 0 Å². The zero-order valence-electron chi connectivity index (χ0n) is 10.6. The van der Waals surface area contributed by atoms with E-state index >= 15 is 0 Å². The topological polar surface area (TPSA) is 35.3 Å². The molecule has 0 radical (unpaired) electrons. The van der Waals surface area contributed by atoms with Crippen LogP contribution in [0.4, 0.5) is 0 Å². The third kappa shape index (κ3) is 2.32. The fraction of sp³-hybridized carbons (Fsp3) is 0.133. The average Bonchev–Trinajstić information content (AvgIpc) is 2.81. The lowest BCUT2D eigenvalue weighted by molar-refractivity contribution is 0.414. The zero-order chi connectivity index (χ0) is 13.4. The first-order valence-corrected chi connectivity index (χ1v) is 6.96. The fourth-order valence-corrected chi connectivity index (χ4v) is 2.49. The van der Waals surface area contributed by atoms with E-state index in [1.54, 1.807) is 7.11 Å². The van der Waals surface area contributed by atoms with Crippen molar-refractivity contribution in [1.29, 1.82) is 0 Å². The highest BCUT2D eigenvalue weighted by atomic mass is 127. The maximum Gasteiger partial charge on any atom is 0.231 e. The van der Waals surface area contributed by atoms with Gasteiger partial charge in [-0.3, -0.25) is 0 Å². The van der Waals surface area contributed by atoms with Crippen LogP contribution in [-0.4, -0.2) is 12.1 Å². The smallest absolute Gasteiger partial charge is 0.231 e. The second kappa shape index (κ2) is 4.85. The highest BCUT2D eigenvalue weighted by Crippen LogP contribution is 2.33. The Bertz CT molecular complexity index is 749. The molecule has 1 aromatic heterocycles. The van der Waals surface area contributed by atoms with Gasteiger partial charge in [0.15, 0.2) is 5.58 Å². The van der Waals surface area contributed by atoms with Gasteiger partial charge in [-0.2, -0.15) is 0 Å². The minimum Gasteiger partial charge on any atom is -0.496 e. The molecule has 0 amide bonds. The van der Waals surface area contributed by atoms with Crippen LogP contribution >= 0.6 is 22.6 Å². The van der Waals surface area contributed by atoms with Gasteiger partial charge in [0.05, 0.1) is 12.7 Å². The van der Waals surface area contributed by atoms with Crippen molar-refractivity contribution in [3.05, 3.63) is 45.5 Å². The van der Waals surface area contributed by atoms with Crippen molar-refractivity contribution >= 4 is 33.7 Å². The Morgan fingerprint density at radius 2 is 2.00 bits per heavy atom. The molecule has 2 aromatic carbocycles. The van der Waals surface area contributed by atoms with E-state index in [4.69, 9.17) is 9.15 Å². The van der Waals surface area contributed by atoms with Gasteiger partial charge in [-0.05, 0) is 65.4 Å². The molecule has 0 unspecified atom stereocenters. The molecule has 0 bridgehead atoms. The van der Waals surface area contributed by atoms with Crippen LogP contribution in [0.1, 0.15) is 5.56 Å². The summed E-state index contributed by atoms with van der Waals surface area (Å²) in [6.45, 7) is 2.04. The molecular weight excluding hydrogens is 353 g/mol. The van der Waals surface area contributed by atoms with Crippen LogP contribution in [0, 0.1) is 10.5 Å². The lowest BCUT2D eigenvalue weighted by atomic mass is 10.2. The summed E-state index contributed by atoms with van der Waals surface area (Å²) in [7, 11) is 1.65. The highest BCUT2D eigenvalue weighted by molar-refractivity contribution is 14.1. The molecule has 3 rings (SSSR count). The van der Waals surface area contributed by atoms with Gasteiger partial charge in [0.25, 0.3) is 0 Å². The van der Waals surface area contributed by atoms with Crippen LogP contribution in [0.5, 0.6) is 5.75 Å². The van der Waals surface area contributed by atoms with Crippen molar-refractivity contribution in [3.8, 4) is 17.2 Å². The minimum absolute atomic E-state index is 0.593. The first kappa shape index (κ1) is 12.5. The van der Waals surface area contributed by atoms with E-state index < -0.39 is 0 Å². The number of nitrogens with zero attached hydrogens (tertiary/aromatic N) is 1. The van der Waals surface area contributed by atoms with Gasteiger partial charge in [0.2, 0.25) is 5.89 Å². The Labute approximate surface area is 124 Å². The monoisotopic (exact) mass is 365 g/mol. The number of rotatable bonds is 2. The number of aryl methyl sites for hydroxylation is 1. The Balaban J connectivity index is 2.21. The molecule has 0 fully saturated rings. The third-order valence-corrected chi connectivity index (χ3v) is 3.61. The van der Waals surface area contributed by atoms with Crippen LogP contribution in [0.15, 0.2) is 40.8 Å². The first-order valence-electron chi connectivity index (χ1n) is 5.88. The molecule has 3 nitrogen and oxygen atoms in total.